The van der Waals surface area contributed by atoms with Crippen molar-refractivity contribution in [2.75, 3.05) is 6.61 Å². The van der Waals surface area contributed by atoms with E-state index in [1.54, 1.807) is 0 Å². The normalized spacial score (nSPS) is 22.5. The molecule has 1 unspecified atom stereocenters. The maximum absolute atomic E-state index is 12.5. The second-order valence-electron chi connectivity index (χ2n) is 3.97. The number of ether oxygens (including phenoxy) is 1. The first-order chi connectivity index (χ1) is 7.12. The van der Waals surface area contributed by atoms with E-state index in [0.29, 0.717) is 5.75 Å². The molecule has 82 valence electrons. The Morgan fingerprint density at radius 2 is 1.93 bits per heavy atom. The van der Waals surface area contributed by atoms with E-state index >= 15 is 0 Å². The van der Waals surface area contributed by atoms with Gasteiger partial charge in [-0.15, -0.1) is 0 Å². The number of aryl methyl sites for hydroxylation is 1. The number of hydrogen-bond donors (Lipinski definition) is 0. The summed E-state index contributed by atoms with van der Waals surface area (Å²) in [5.41, 5.74) is 1.22. The second-order valence-corrected chi connectivity index (χ2v) is 3.97. The summed E-state index contributed by atoms with van der Waals surface area (Å²) in [6, 6.07) is 7.58. The Morgan fingerprint density at radius 3 is 2.40 bits per heavy atom. The summed E-state index contributed by atoms with van der Waals surface area (Å²) in [5.74, 6) is -2.39. The molecule has 1 saturated carbocycles. The molecule has 1 nitrogen and oxygen atoms in total. The molecule has 1 aliphatic carbocycles. The monoisotopic (exact) mass is 212 g/mol. The topological polar surface area (TPSA) is 9.23 Å². The van der Waals surface area contributed by atoms with Crippen LogP contribution in [-0.4, -0.2) is 12.5 Å². The predicted molar refractivity (Wildman–Crippen MR) is 54.4 cm³/mol. The summed E-state index contributed by atoms with van der Waals surface area (Å²) in [6.07, 6.45) is 0.945. The Morgan fingerprint density at radius 1 is 1.33 bits per heavy atom. The minimum atomic E-state index is -2.48. The number of rotatable bonds is 4. The lowest BCUT2D eigenvalue weighted by Crippen LogP contribution is -2.05. The fourth-order valence-corrected chi connectivity index (χ4v) is 1.47. The SMILES string of the molecule is CCc1ccc(OCC2CC2(F)F)cc1. The van der Waals surface area contributed by atoms with Gasteiger partial charge in [-0.05, 0) is 24.1 Å². The van der Waals surface area contributed by atoms with Crippen LogP contribution in [0.25, 0.3) is 0 Å². The minimum absolute atomic E-state index is 0.0277. The van der Waals surface area contributed by atoms with Crippen LogP contribution in [0.1, 0.15) is 18.9 Å². The third-order valence-corrected chi connectivity index (χ3v) is 2.74. The van der Waals surface area contributed by atoms with Gasteiger partial charge in [-0.3, -0.25) is 0 Å². The van der Waals surface area contributed by atoms with Crippen LogP contribution in [0.2, 0.25) is 0 Å². The van der Waals surface area contributed by atoms with Gasteiger partial charge in [0.2, 0.25) is 0 Å². The van der Waals surface area contributed by atoms with E-state index in [2.05, 4.69) is 6.92 Å². The van der Waals surface area contributed by atoms with Crippen molar-refractivity contribution in [1.82, 2.24) is 0 Å². The zero-order chi connectivity index (χ0) is 10.9. The van der Waals surface area contributed by atoms with Gasteiger partial charge in [-0.1, -0.05) is 19.1 Å². The van der Waals surface area contributed by atoms with Crippen molar-refractivity contribution >= 4 is 0 Å². The molecule has 1 fully saturated rings. The Bertz CT molecular complexity index is 332. The maximum Gasteiger partial charge on any atom is 0.255 e. The van der Waals surface area contributed by atoms with Crippen LogP contribution in [0.3, 0.4) is 0 Å². The lowest BCUT2D eigenvalue weighted by atomic mass is 10.2. The minimum Gasteiger partial charge on any atom is -0.493 e. The first-order valence-electron chi connectivity index (χ1n) is 5.21. The average Bonchev–Trinajstić information content (AvgIpc) is 2.84. The number of benzene rings is 1. The largest absolute Gasteiger partial charge is 0.493 e. The summed E-state index contributed by atoms with van der Waals surface area (Å²) in [6.45, 7) is 2.19. The Balaban J connectivity index is 1.84. The smallest absolute Gasteiger partial charge is 0.255 e. The van der Waals surface area contributed by atoms with Gasteiger partial charge in [-0.2, -0.15) is 0 Å². The van der Waals surface area contributed by atoms with Crippen LogP contribution >= 0.6 is 0 Å². The number of hydrogen-bond acceptors (Lipinski definition) is 1. The molecule has 0 aromatic heterocycles. The molecule has 1 aromatic carbocycles. The van der Waals surface area contributed by atoms with Crippen molar-refractivity contribution in [3.05, 3.63) is 29.8 Å². The van der Waals surface area contributed by atoms with Gasteiger partial charge in [-0.25, -0.2) is 8.78 Å². The molecule has 0 amide bonds. The number of alkyl halides is 2. The molecule has 0 aliphatic heterocycles. The Kier molecular flexibility index (Phi) is 2.63. The molecule has 3 heteroatoms. The first-order valence-corrected chi connectivity index (χ1v) is 5.21. The molecule has 15 heavy (non-hydrogen) atoms. The lowest BCUT2D eigenvalue weighted by Gasteiger charge is -2.05. The highest BCUT2D eigenvalue weighted by Crippen LogP contribution is 2.48. The van der Waals surface area contributed by atoms with Crippen molar-refractivity contribution < 1.29 is 13.5 Å². The second kappa shape index (κ2) is 3.80. The average molecular weight is 212 g/mol. The molecule has 1 aliphatic rings. The van der Waals surface area contributed by atoms with E-state index in [1.807, 2.05) is 24.3 Å². The van der Waals surface area contributed by atoms with Crippen LogP contribution < -0.4 is 4.74 Å². The zero-order valence-corrected chi connectivity index (χ0v) is 8.67. The lowest BCUT2D eigenvalue weighted by molar-refractivity contribution is 0.0856. The highest BCUT2D eigenvalue weighted by atomic mass is 19.3. The zero-order valence-electron chi connectivity index (χ0n) is 8.67. The third-order valence-electron chi connectivity index (χ3n) is 2.74. The van der Waals surface area contributed by atoms with E-state index in [9.17, 15) is 8.78 Å². The van der Waals surface area contributed by atoms with E-state index in [0.717, 1.165) is 6.42 Å². The molecular weight excluding hydrogens is 198 g/mol. The van der Waals surface area contributed by atoms with Crippen molar-refractivity contribution in [2.24, 2.45) is 5.92 Å². The third kappa shape index (κ3) is 2.46. The molecule has 1 aromatic rings. The molecule has 0 saturated heterocycles. The van der Waals surface area contributed by atoms with Gasteiger partial charge in [0.1, 0.15) is 5.75 Å². The van der Waals surface area contributed by atoms with Gasteiger partial charge in [0.05, 0.1) is 12.5 Å². The van der Waals surface area contributed by atoms with E-state index < -0.39 is 11.8 Å². The Hall–Kier alpha value is -1.12. The van der Waals surface area contributed by atoms with Crippen LogP contribution in [-0.2, 0) is 6.42 Å². The maximum atomic E-state index is 12.5. The Labute approximate surface area is 88.1 Å². The predicted octanol–water partition coefficient (Wildman–Crippen LogP) is 3.28. The van der Waals surface area contributed by atoms with Crippen LogP contribution in [0, 0.1) is 5.92 Å². The van der Waals surface area contributed by atoms with Gasteiger partial charge in [0, 0.05) is 6.42 Å². The molecule has 0 spiro atoms. The summed E-state index contributed by atoms with van der Waals surface area (Å²) in [7, 11) is 0. The quantitative estimate of drug-likeness (QED) is 0.744. The fraction of sp³-hybridized carbons (Fsp3) is 0.500. The van der Waals surface area contributed by atoms with E-state index in [4.69, 9.17) is 4.74 Å². The first kappa shape index (κ1) is 10.4. The van der Waals surface area contributed by atoms with Gasteiger partial charge >= 0.3 is 0 Å². The summed E-state index contributed by atoms with van der Waals surface area (Å²) >= 11 is 0. The summed E-state index contributed by atoms with van der Waals surface area (Å²) < 4.78 is 30.4. The van der Waals surface area contributed by atoms with Crippen molar-refractivity contribution in [3.8, 4) is 5.75 Å². The molecular formula is C12H14F2O. The van der Waals surface area contributed by atoms with Gasteiger partial charge in [0.15, 0.2) is 0 Å². The van der Waals surface area contributed by atoms with Crippen molar-refractivity contribution in [3.63, 3.8) is 0 Å². The van der Waals surface area contributed by atoms with Crippen molar-refractivity contribution in [1.29, 1.82) is 0 Å². The highest BCUT2D eigenvalue weighted by molar-refractivity contribution is 5.27. The van der Waals surface area contributed by atoms with E-state index in [-0.39, 0.29) is 13.0 Å². The molecule has 0 N–H and O–H groups in total. The molecule has 0 radical (unpaired) electrons. The van der Waals surface area contributed by atoms with Gasteiger partial charge in [0.25, 0.3) is 5.92 Å². The van der Waals surface area contributed by atoms with Crippen LogP contribution in [0.4, 0.5) is 8.78 Å². The number of halogens is 2. The van der Waals surface area contributed by atoms with Crippen LogP contribution in [0.5, 0.6) is 5.75 Å². The highest BCUT2D eigenvalue weighted by Gasteiger charge is 2.57. The molecule has 1 atom stereocenters. The molecule has 0 bridgehead atoms. The van der Waals surface area contributed by atoms with Gasteiger partial charge < -0.3 is 4.74 Å². The van der Waals surface area contributed by atoms with Crippen LogP contribution in [0.15, 0.2) is 24.3 Å². The standard InChI is InChI=1S/C12H14F2O/c1-2-9-3-5-11(6-4-9)15-8-10-7-12(10,13)14/h3-6,10H,2,7-8H2,1H3. The summed E-state index contributed by atoms with van der Waals surface area (Å²) in [5, 5.41) is 0. The van der Waals surface area contributed by atoms with E-state index in [1.165, 1.54) is 5.56 Å². The summed E-state index contributed by atoms with van der Waals surface area (Å²) in [4.78, 5) is 0. The molecule has 2 rings (SSSR count). The fourth-order valence-electron chi connectivity index (χ4n) is 1.47. The molecule has 0 heterocycles. The van der Waals surface area contributed by atoms with Crippen molar-refractivity contribution in [2.45, 2.75) is 25.7 Å².